The van der Waals surface area contributed by atoms with Crippen LogP contribution in [0.1, 0.15) is 5.56 Å². The molecule has 102 valence electrons. The van der Waals surface area contributed by atoms with Crippen molar-refractivity contribution >= 4 is 54.1 Å². The molecule has 0 saturated heterocycles. The number of ether oxygens (including phenoxy) is 1. The SMILES string of the molecule is N#Cc1ccsc1NC(=O)COc1c(Br)cccc1Br. The second-order valence-electron chi connectivity index (χ2n) is 3.66. The van der Waals surface area contributed by atoms with Crippen molar-refractivity contribution in [2.24, 2.45) is 0 Å². The van der Waals surface area contributed by atoms with E-state index in [0.29, 0.717) is 16.3 Å². The van der Waals surface area contributed by atoms with Crippen LogP contribution >= 0.6 is 43.2 Å². The van der Waals surface area contributed by atoms with E-state index in [-0.39, 0.29) is 12.5 Å². The Bertz CT molecular complexity index is 659. The molecule has 0 spiro atoms. The van der Waals surface area contributed by atoms with Crippen molar-refractivity contribution in [2.45, 2.75) is 0 Å². The van der Waals surface area contributed by atoms with Crippen molar-refractivity contribution in [3.8, 4) is 11.8 Å². The molecule has 1 N–H and O–H groups in total. The Balaban J connectivity index is 1.98. The molecule has 0 aliphatic rings. The number of nitrogens with one attached hydrogen (secondary N) is 1. The van der Waals surface area contributed by atoms with Gasteiger partial charge in [-0.1, -0.05) is 6.07 Å². The number of carbonyl (C=O) groups excluding carboxylic acids is 1. The number of hydrogen-bond acceptors (Lipinski definition) is 4. The summed E-state index contributed by atoms with van der Waals surface area (Å²) >= 11 is 8.01. The van der Waals surface area contributed by atoms with Crippen LogP contribution in [0.15, 0.2) is 38.6 Å². The predicted octanol–water partition coefficient (Wildman–Crippen LogP) is 4.16. The molecule has 1 aromatic carbocycles. The fourth-order valence-corrected chi connectivity index (χ4v) is 3.40. The van der Waals surface area contributed by atoms with Crippen molar-refractivity contribution < 1.29 is 9.53 Å². The van der Waals surface area contributed by atoms with Gasteiger partial charge in [-0.2, -0.15) is 5.26 Å². The maximum absolute atomic E-state index is 11.8. The third-order valence-electron chi connectivity index (χ3n) is 2.31. The molecule has 0 radical (unpaired) electrons. The normalized spacial score (nSPS) is 9.85. The molecule has 0 bridgehead atoms. The Morgan fingerprint density at radius 3 is 2.70 bits per heavy atom. The number of carbonyl (C=O) groups is 1. The first-order valence-electron chi connectivity index (χ1n) is 5.46. The first-order chi connectivity index (χ1) is 9.61. The maximum Gasteiger partial charge on any atom is 0.262 e. The highest BCUT2D eigenvalue weighted by atomic mass is 79.9. The fourth-order valence-electron chi connectivity index (χ4n) is 1.41. The van der Waals surface area contributed by atoms with Gasteiger partial charge in [0.05, 0.1) is 14.5 Å². The number of amides is 1. The van der Waals surface area contributed by atoms with Crippen molar-refractivity contribution in [1.82, 2.24) is 0 Å². The summed E-state index contributed by atoms with van der Waals surface area (Å²) < 4.78 is 6.98. The van der Waals surface area contributed by atoms with Gasteiger partial charge in [0, 0.05) is 0 Å². The zero-order chi connectivity index (χ0) is 14.5. The largest absolute Gasteiger partial charge is 0.481 e. The van der Waals surface area contributed by atoms with E-state index in [1.807, 2.05) is 24.3 Å². The lowest BCUT2D eigenvalue weighted by atomic mass is 10.3. The van der Waals surface area contributed by atoms with Crippen LogP contribution in [-0.2, 0) is 4.79 Å². The molecule has 0 fully saturated rings. The third kappa shape index (κ3) is 3.60. The molecule has 20 heavy (non-hydrogen) atoms. The molecule has 4 nitrogen and oxygen atoms in total. The second kappa shape index (κ2) is 6.88. The van der Waals surface area contributed by atoms with Crippen molar-refractivity contribution in [2.75, 3.05) is 11.9 Å². The van der Waals surface area contributed by atoms with Crippen LogP contribution in [0.25, 0.3) is 0 Å². The molecule has 7 heteroatoms. The van der Waals surface area contributed by atoms with Crippen molar-refractivity contribution in [1.29, 1.82) is 5.26 Å². The first-order valence-corrected chi connectivity index (χ1v) is 7.92. The monoisotopic (exact) mass is 414 g/mol. The lowest BCUT2D eigenvalue weighted by molar-refractivity contribution is -0.118. The molecule has 0 aliphatic carbocycles. The van der Waals surface area contributed by atoms with Crippen molar-refractivity contribution in [3.05, 3.63) is 44.2 Å². The van der Waals surface area contributed by atoms with Gasteiger partial charge in [0.1, 0.15) is 16.8 Å². The number of halogens is 2. The van der Waals surface area contributed by atoms with E-state index in [4.69, 9.17) is 10.00 Å². The highest BCUT2D eigenvalue weighted by Gasteiger charge is 2.11. The molecule has 1 aromatic heterocycles. The van der Waals surface area contributed by atoms with Gasteiger partial charge in [0.25, 0.3) is 5.91 Å². The highest BCUT2D eigenvalue weighted by Crippen LogP contribution is 2.33. The van der Waals surface area contributed by atoms with Gasteiger partial charge in [0.2, 0.25) is 0 Å². The van der Waals surface area contributed by atoms with E-state index in [0.717, 1.165) is 8.95 Å². The Morgan fingerprint density at radius 1 is 1.35 bits per heavy atom. The van der Waals surface area contributed by atoms with Gasteiger partial charge < -0.3 is 10.1 Å². The van der Waals surface area contributed by atoms with E-state index in [1.54, 1.807) is 11.4 Å². The average molecular weight is 416 g/mol. The summed E-state index contributed by atoms with van der Waals surface area (Å²) in [5.41, 5.74) is 0.449. The Morgan fingerprint density at radius 2 is 2.05 bits per heavy atom. The quantitative estimate of drug-likeness (QED) is 0.815. The predicted molar refractivity (Wildman–Crippen MR) is 85.0 cm³/mol. The van der Waals surface area contributed by atoms with Gasteiger partial charge >= 0.3 is 0 Å². The molecule has 0 saturated carbocycles. The van der Waals surface area contributed by atoms with Crippen LogP contribution in [0.4, 0.5) is 5.00 Å². The molecule has 0 unspecified atom stereocenters. The standard InChI is InChI=1S/C13H8Br2N2O2S/c14-9-2-1-3-10(15)12(9)19-7-11(18)17-13-8(6-16)4-5-20-13/h1-5H,7H2,(H,17,18). The molecule has 1 heterocycles. The summed E-state index contributed by atoms with van der Waals surface area (Å²) in [5.74, 6) is 0.251. The van der Waals surface area contributed by atoms with E-state index in [9.17, 15) is 4.79 Å². The molecule has 0 aliphatic heterocycles. The van der Waals surface area contributed by atoms with Gasteiger partial charge in [-0.25, -0.2) is 0 Å². The van der Waals surface area contributed by atoms with E-state index >= 15 is 0 Å². The van der Waals surface area contributed by atoms with Gasteiger partial charge in [-0.15, -0.1) is 11.3 Å². The Labute approximate surface area is 136 Å². The number of anilines is 1. The minimum absolute atomic E-state index is 0.135. The summed E-state index contributed by atoms with van der Waals surface area (Å²) in [4.78, 5) is 11.8. The zero-order valence-electron chi connectivity index (χ0n) is 10.0. The topological polar surface area (TPSA) is 62.1 Å². The van der Waals surface area contributed by atoms with Crippen molar-refractivity contribution in [3.63, 3.8) is 0 Å². The second-order valence-corrected chi connectivity index (χ2v) is 6.29. The summed E-state index contributed by atoms with van der Waals surface area (Å²) in [6.45, 7) is -0.135. The maximum atomic E-state index is 11.8. The summed E-state index contributed by atoms with van der Waals surface area (Å²) in [7, 11) is 0. The van der Waals surface area contributed by atoms with Crippen LogP contribution in [0.5, 0.6) is 5.75 Å². The number of nitrogens with zero attached hydrogens (tertiary/aromatic N) is 1. The lowest BCUT2D eigenvalue weighted by Gasteiger charge is -2.09. The molecule has 2 rings (SSSR count). The smallest absolute Gasteiger partial charge is 0.262 e. The van der Waals surface area contributed by atoms with Crippen LogP contribution in [0, 0.1) is 11.3 Å². The van der Waals surface area contributed by atoms with E-state index < -0.39 is 0 Å². The number of para-hydroxylation sites is 1. The molecule has 0 atom stereocenters. The number of thiophene rings is 1. The third-order valence-corrected chi connectivity index (χ3v) is 4.38. The zero-order valence-corrected chi connectivity index (χ0v) is 14.0. The molecule has 2 aromatic rings. The van der Waals surface area contributed by atoms with Crippen LogP contribution < -0.4 is 10.1 Å². The number of nitriles is 1. The van der Waals surface area contributed by atoms with E-state index in [2.05, 4.69) is 37.2 Å². The number of hydrogen-bond donors (Lipinski definition) is 1. The van der Waals surface area contributed by atoms with E-state index in [1.165, 1.54) is 11.3 Å². The minimum Gasteiger partial charge on any atom is -0.481 e. The van der Waals surface area contributed by atoms with Crippen LogP contribution in [-0.4, -0.2) is 12.5 Å². The van der Waals surface area contributed by atoms with Gasteiger partial charge in [0.15, 0.2) is 6.61 Å². The summed E-state index contributed by atoms with van der Waals surface area (Å²) in [6, 6.07) is 9.17. The number of rotatable bonds is 4. The minimum atomic E-state index is -0.313. The van der Waals surface area contributed by atoms with Crippen LogP contribution in [0.3, 0.4) is 0 Å². The Kier molecular flexibility index (Phi) is 5.17. The van der Waals surface area contributed by atoms with Gasteiger partial charge in [-0.3, -0.25) is 4.79 Å². The lowest BCUT2D eigenvalue weighted by Crippen LogP contribution is -2.20. The summed E-state index contributed by atoms with van der Waals surface area (Å²) in [6.07, 6.45) is 0. The van der Waals surface area contributed by atoms with Gasteiger partial charge in [-0.05, 0) is 55.4 Å². The highest BCUT2D eigenvalue weighted by molar-refractivity contribution is 9.11. The summed E-state index contributed by atoms with van der Waals surface area (Å²) in [5, 5.41) is 13.8. The molecule has 1 amide bonds. The van der Waals surface area contributed by atoms with Crippen LogP contribution in [0.2, 0.25) is 0 Å². The fraction of sp³-hybridized carbons (Fsp3) is 0.0769. The number of benzene rings is 1. The molecular weight excluding hydrogens is 408 g/mol. The molecular formula is C13H8Br2N2O2S. The Hall–Kier alpha value is -1.36. The first kappa shape index (κ1) is 15.0. The average Bonchev–Trinajstić information content (AvgIpc) is 2.85.